The summed E-state index contributed by atoms with van der Waals surface area (Å²) in [4.78, 5) is 0.266. The second kappa shape index (κ2) is 10.6. The number of hydrogen-bond donors (Lipinski definition) is 0. The van der Waals surface area contributed by atoms with Crippen LogP contribution in [0.2, 0.25) is 0 Å². The van der Waals surface area contributed by atoms with Gasteiger partial charge in [0.05, 0.1) is 35.5 Å². The maximum atomic E-state index is 13.9. The number of nitrogens with zero attached hydrogens (tertiary/aromatic N) is 3. The standard InChI is InChI=1S/C33H29N3O3S/c1-24-12-18-30(19-13-24)40(37,38)35(22-25-8-4-3-5-9-25)23-28-21-33-31-11-7-6-10-27(31)20-32(36(33)34-28)26-14-16-29(39-2)17-15-26/h3-21H,22-23H2,1-2H3. The van der Waals surface area contributed by atoms with Crippen molar-refractivity contribution in [2.75, 3.05) is 7.11 Å². The van der Waals surface area contributed by atoms with Gasteiger partial charge in [-0.25, -0.2) is 12.9 Å². The molecule has 0 aliphatic heterocycles. The van der Waals surface area contributed by atoms with Gasteiger partial charge in [-0.1, -0.05) is 72.3 Å². The van der Waals surface area contributed by atoms with Crippen molar-refractivity contribution in [3.8, 4) is 17.0 Å². The van der Waals surface area contributed by atoms with Gasteiger partial charge in [0, 0.05) is 17.5 Å². The van der Waals surface area contributed by atoms with Crippen molar-refractivity contribution in [2.45, 2.75) is 24.9 Å². The zero-order valence-electron chi connectivity index (χ0n) is 22.4. The van der Waals surface area contributed by atoms with E-state index >= 15 is 0 Å². The molecule has 2 aromatic heterocycles. The minimum absolute atomic E-state index is 0.128. The first-order valence-corrected chi connectivity index (χ1v) is 14.5. The van der Waals surface area contributed by atoms with E-state index in [4.69, 9.17) is 9.84 Å². The van der Waals surface area contributed by atoms with Crippen LogP contribution in [0.15, 0.2) is 120 Å². The van der Waals surface area contributed by atoms with Gasteiger partial charge in [0.1, 0.15) is 5.75 Å². The van der Waals surface area contributed by atoms with Gasteiger partial charge in [-0.05, 0) is 66.4 Å². The lowest BCUT2D eigenvalue weighted by atomic mass is 10.1. The molecule has 0 saturated heterocycles. The van der Waals surface area contributed by atoms with Crippen LogP contribution in [0.1, 0.15) is 16.8 Å². The third kappa shape index (κ3) is 4.97. The highest BCUT2D eigenvalue weighted by atomic mass is 32.2. The highest BCUT2D eigenvalue weighted by Crippen LogP contribution is 2.31. The first-order chi connectivity index (χ1) is 19.4. The number of aromatic nitrogens is 2. The summed E-state index contributed by atoms with van der Waals surface area (Å²) in [6.45, 7) is 2.31. The van der Waals surface area contributed by atoms with Crippen LogP contribution < -0.4 is 4.74 Å². The predicted molar refractivity (Wildman–Crippen MR) is 159 cm³/mol. The van der Waals surface area contributed by atoms with Gasteiger partial charge in [0.2, 0.25) is 10.0 Å². The normalized spacial score (nSPS) is 11.9. The van der Waals surface area contributed by atoms with E-state index in [1.54, 1.807) is 19.2 Å². The molecule has 0 fully saturated rings. The van der Waals surface area contributed by atoms with E-state index in [9.17, 15) is 8.42 Å². The molecule has 0 bridgehead atoms. The molecule has 0 amide bonds. The molecule has 7 heteroatoms. The molecule has 4 aromatic carbocycles. The van der Waals surface area contributed by atoms with Crippen LogP contribution in [0.5, 0.6) is 5.75 Å². The SMILES string of the molecule is COc1ccc(-c2cc3ccccc3c3cc(CN(Cc4ccccc4)S(=O)(=O)c4ccc(C)cc4)nn23)cc1. The van der Waals surface area contributed by atoms with E-state index in [1.165, 1.54) is 4.31 Å². The Kier molecular flexibility index (Phi) is 6.84. The lowest BCUT2D eigenvalue weighted by Gasteiger charge is -2.21. The first-order valence-electron chi connectivity index (χ1n) is 13.1. The molecule has 2 heterocycles. The molecule has 6 rings (SSSR count). The molecule has 200 valence electrons. The van der Waals surface area contributed by atoms with Crippen LogP contribution >= 0.6 is 0 Å². The second-order valence-electron chi connectivity index (χ2n) is 9.85. The smallest absolute Gasteiger partial charge is 0.243 e. The Bertz CT molecular complexity index is 1900. The maximum absolute atomic E-state index is 13.9. The zero-order chi connectivity index (χ0) is 27.7. The lowest BCUT2D eigenvalue weighted by Crippen LogP contribution is -2.30. The monoisotopic (exact) mass is 547 g/mol. The van der Waals surface area contributed by atoms with Crippen molar-refractivity contribution in [1.29, 1.82) is 0 Å². The number of hydrogen-bond acceptors (Lipinski definition) is 4. The number of aryl methyl sites for hydroxylation is 1. The molecule has 6 nitrogen and oxygen atoms in total. The zero-order valence-corrected chi connectivity index (χ0v) is 23.2. The number of rotatable bonds is 8. The fourth-order valence-electron chi connectivity index (χ4n) is 4.97. The van der Waals surface area contributed by atoms with Gasteiger partial charge in [-0.15, -0.1) is 0 Å². The van der Waals surface area contributed by atoms with Crippen LogP contribution in [0.3, 0.4) is 0 Å². The van der Waals surface area contributed by atoms with Gasteiger partial charge < -0.3 is 4.74 Å². The van der Waals surface area contributed by atoms with Crippen LogP contribution in [0.4, 0.5) is 0 Å². The van der Waals surface area contributed by atoms with Crippen molar-refractivity contribution in [1.82, 2.24) is 13.9 Å². The van der Waals surface area contributed by atoms with Crippen molar-refractivity contribution in [3.63, 3.8) is 0 Å². The first kappa shape index (κ1) is 25.8. The largest absolute Gasteiger partial charge is 0.497 e. The number of ether oxygens (including phenoxy) is 1. The van der Waals surface area contributed by atoms with Crippen molar-refractivity contribution in [2.24, 2.45) is 0 Å². The summed E-state index contributed by atoms with van der Waals surface area (Å²) < 4.78 is 36.6. The Hall–Kier alpha value is -4.46. The summed E-state index contributed by atoms with van der Waals surface area (Å²) in [6.07, 6.45) is 0. The van der Waals surface area contributed by atoms with Crippen LogP contribution in [0, 0.1) is 6.92 Å². The number of fused-ring (bicyclic) bond motifs is 3. The third-order valence-electron chi connectivity index (χ3n) is 7.10. The molecule has 0 aliphatic rings. The van der Waals surface area contributed by atoms with Gasteiger partial charge in [0.25, 0.3) is 0 Å². The van der Waals surface area contributed by atoms with Gasteiger partial charge in [-0.3, -0.25) is 0 Å². The number of benzene rings is 4. The van der Waals surface area contributed by atoms with Crippen molar-refractivity contribution < 1.29 is 13.2 Å². The highest BCUT2D eigenvalue weighted by molar-refractivity contribution is 7.89. The molecule has 0 unspecified atom stereocenters. The Morgan fingerprint density at radius 3 is 2.23 bits per heavy atom. The molecule has 0 atom stereocenters. The second-order valence-corrected chi connectivity index (χ2v) is 11.8. The lowest BCUT2D eigenvalue weighted by molar-refractivity contribution is 0.396. The number of pyridine rings is 1. The van der Waals surface area contributed by atoms with E-state index in [1.807, 2.05) is 96.4 Å². The van der Waals surface area contributed by atoms with Gasteiger partial charge in [0.15, 0.2) is 0 Å². The van der Waals surface area contributed by atoms with Crippen LogP contribution in [0.25, 0.3) is 27.5 Å². The average Bonchev–Trinajstić information content (AvgIpc) is 3.41. The van der Waals surface area contributed by atoms with Gasteiger partial charge in [-0.2, -0.15) is 9.40 Å². The van der Waals surface area contributed by atoms with E-state index < -0.39 is 10.0 Å². The third-order valence-corrected chi connectivity index (χ3v) is 8.91. The maximum Gasteiger partial charge on any atom is 0.243 e. The van der Waals surface area contributed by atoms with E-state index in [0.717, 1.165) is 44.4 Å². The quantitative estimate of drug-likeness (QED) is 0.209. The Labute approximate surface area is 234 Å². The molecular weight excluding hydrogens is 518 g/mol. The minimum atomic E-state index is -3.79. The summed E-state index contributed by atoms with van der Waals surface area (Å²) in [5, 5.41) is 7.10. The fourth-order valence-corrected chi connectivity index (χ4v) is 6.37. The molecular formula is C33H29N3O3S. The summed E-state index contributed by atoms with van der Waals surface area (Å²) in [5.74, 6) is 0.778. The van der Waals surface area contributed by atoms with E-state index in [2.05, 4.69) is 18.2 Å². The fraction of sp³-hybridized carbons (Fsp3) is 0.121. The molecule has 0 spiro atoms. The van der Waals surface area contributed by atoms with E-state index in [-0.39, 0.29) is 18.0 Å². The van der Waals surface area contributed by atoms with E-state index in [0.29, 0.717) is 5.69 Å². The highest BCUT2D eigenvalue weighted by Gasteiger charge is 2.26. The Morgan fingerprint density at radius 1 is 0.800 bits per heavy atom. The number of sulfonamides is 1. The summed E-state index contributed by atoms with van der Waals surface area (Å²) in [7, 11) is -2.15. The topological polar surface area (TPSA) is 63.9 Å². The number of methoxy groups -OCH3 is 1. The van der Waals surface area contributed by atoms with Crippen LogP contribution in [-0.4, -0.2) is 29.4 Å². The molecule has 0 radical (unpaired) electrons. The van der Waals surface area contributed by atoms with Crippen LogP contribution in [-0.2, 0) is 23.1 Å². The van der Waals surface area contributed by atoms with Crippen molar-refractivity contribution in [3.05, 3.63) is 132 Å². The minimum Gasteiger partial charge on any atom is -0.497 e. The molecule has 0 saturated carbocycles. The summed E-state index contributed by atoms with van der Waals surface area (Å²) >= 11 is 0. The predicted octanol–water partition coefficient (Wildman–Crippen LogP) is 6.86. The molecule has 6 aromatic rings. The molecule has 40 heavy (non-hydrogen) atoms. The average molecular weight is 548 g/mol. The Balaban J connectivity index is 1.47. The Morgan fingerprint density at radius 2 is 1.50 bits per heavy atom. The van der Waals surface area contributed by atoms with Gasteiger partial charge >= 0.3 is 0 Å². The summed E-state index contributed by atoms with van der Waals surface area (Å²) in [5.41, 5.74) is 5.40. The molecule has 0 aliphatic carbocycles. The molecule has 0 N–H and O–H groups in total. The summed E-state index contributed by atoms with van der Waals surface area (Å²) in [6, 6.07) is 36.8. The van der Waals surface area contributed by atoms with Crippen molar-refractivity contribution >= 4 is 26.3 Å².